The molecule has 0 radical (unpaired) electrons. The average molecular weight is 632 g/mol. The van der Waals surface area contributed by atoms with E-state index in [2.05, 4.69) is 37.0 Å². The number of anilines is 1. The lowest BCUT2D eigenvalue weighted by molar-refractivity contribution is -0.120. The molecule has 0 spiro atoms. The standard InChI is InChI=1S/C33H41N7O4S/c1-22(34-32(43)44-33(2,3)4)25-14-10-13-24(19-25)21-28(41)35-27-18-17-26(37-38-27)15-8-9-16-30-39-40-31(45-30)36-29(42)20-23-11-6-5-7-12-23/h5-7,10-14,17-19,22,37-38H,8-9,15-16,20-21H2,1-4H3,(H,34,43)(H,35,41)(H,36,40,42). The number of carbonyl (C=O) groups excluding carboxylic acids is 3. The van der Waals surface area contributed by atoms with Gasteiger partial charge in [0, 0.05) is 12.1 Å². The van der Waals surface area contributed by atoms with E-state index >= 15 is 0 Å². The Morgan fingerprint density at radius 1 is 0.867 bits per heavy atom. The van der Waals surface area contributed by atoms with E-state index in [1.165, 1.54) is 11.3 Å². The fourth-order valence-corrected chi connectivity index (χ4v) is 5.29. The van der Waals surface area contributed by atoms with Gasteiger partial charge in [0.15, 0.2) is 0 Å². The Morgan fingerprint density at radius 3 is 2.31 bits per heavy atom. The topological polar surface area (TPSA) is 146 Å². The molecule has 1 aromatic heterocycles. The molecule has 1 aliphatic heterocycles. The number of hydrazine groups is 1. The minimum absolute atomic E-state index is 0.108. The van der Waals surface area contributed by atoms with Crippen LogP contribution in [0.1, 0.15) is 74.7 Å². The number of aryl methyl sites for hydroxylation is 1. The molecule has 12 heteroatoms. The van der Waals surface area contributed by atoms with Gasteiger partial charge in [0.2, 0.25) is 16.9 Å². The SMILES string of the molecule is CC(NC(=O)OC(C)(C)C)c1cccc(CC(=O)NC2=CC=C(CCCCc3nnc(NC(=O)Cc4ccccc4)s3)NN2)c1. The molecule has 2 aromatic carbocycles. The number of nitrogens with one attached hydrogen (secondary N) is 5. The Bertz CT molecular complexity index is 1530. The van der Waals surface area contributed by atoms with Crippen LogP contribution in [0.25, 0.3) is 0 Å². The number of allylic oxidation sites excluding steroid dienone is 3. The summed E-state index contributed by atoms with van der Waals surface area (Å²) in [5.74, 6) is 0.296. The summed E-state index contributed by atoms with van der Waals surface area (Å²) in [5, 5.41) is 18.2. The Hall–Kier alpha value is -4.71. The quantitative estimate of drug-likeness (QED) is 0.162. The van der Waals surface area contributed by atoms with Crippen molar-refractivity contribution < 1.29 is 19.1 Å². The summed E-state index contributed by atoms with van der Waals surface area (Å²) in [5.41, 5.74) is 9.29. The van der Waals surface area contributed by atoms with Gasteiger partial charge in [-0.05, 0) is 75.8 Å². The Morgan fingerprint density at radius 2 is 1.58 bits per heavy atom. The molecule has 1 aliphatic rings. The van der Waals surface area contributed by atoms with Gasteiger partial charge in [0.1, 0.15) is 16.4 Å². The summed E-state index contributed by atoms with van der Waals surface area (Å²) in [7, 11) is 0. The Labute approximate surface area is 267 Å². The van der Waals surface area contributed by atoms with Crippen molar-refractivity contribution in [1.82, 2.24) is 31.7 Å². The maximum atomic E-state index is 12.7. The van der Waals surface area contributed by atoms with Crippen LogP contribution in [0.4, 0.5) is 9.93 Å². The predicted molar refractivity (Wildman–Crippen MR) is 175 cm³/mol. The summed E-state index contributed by atoms with van der Waals surface area (Å²) < 4.78 is 5.33. The maximum absolute atomic E-state index is 12.7. The number of amides is 3. The van der Waals surface area contributed by atoms with Crippen LogP contribution < -0.4 is 26.8 Å². The summed E-state index contributed by atoms with van der Waals surface area (Å²) >= 11 is 1.40. The molecular weight excluding hydrogens is 590 g/mol. The summed E-state index contributed by atoms with van der Waals surface area (Å²) in [6, 6.07) is 16.9. The monoisotopic (exact) mass is 631 g/mol. The van der Waals surface area contributed by atoms with E-state index in [0.29, 0.717) is 17.4 Å². The van der Waals surface area contributed by atoms with Crippen LogP contribution in [0.5, 0.6) is 0 Å². The lowest BCUT2D eigenvalue weighted by Gasteiger charge is -2.22. The second kappa shape index (κ2) is 15.8. The van der Waals surface area contributed by atoms with E-state index in [-0.39, 0.29) is 24.3 Å². The van der Waals surface area contributed by atoms with Crippen LogP contribution in [0, 0.1) is 0 Å². The fourth-order valence-electron chi connectivity index (χ4n) is 4.50. The fraction of sp³-hybridized carbons (Fsp3) is 0.364. The van der Waals surface area contributed by atoms with E-state index in [0.717, 1.165) is 53.1 Å². The highest BCUT2D eigenvalue weighted by atomic mass is 32.1. The van der Waals surface area contributed by atoms with Gasteiger partial charge in [-0.1, -0.05) is 65.9 Å². The molecule has 0 saturated heterocycles. The molecule has 1 unspecified atom stereocenters. The molecule has 45 heavy (non-hydrogen) atoms. The average Bonchev–Trinajstić information content (AvgIpc) is 3.42. The second-order valence-electron chi connectivity index (χ2n) is 11.8. The molecule has 0 bridgehead atoms. The maximum Gasteiger partial charge on any atom is 0.408 e. The molecule has 0 aliphatic carbocycles. The smallest absolute Gasteiger partial charge is 0.408 e. The van der Waals surface area contributed by atoms with Crippen LogP contribution >= 0.6 is 11.3 Å². The molecule has 0 fully saturated rings. The summed E-state index contributed by atoms with van der Waals surface area (Å²) in [6.07, 6.45) is 7.24. The van der Waals surface area contributed by atoms with Crippen LogP contribution in [0.15, 0.2) is 78.3 Å². The number of aromatic nitrogens is 2. The zero-order valence-electron chi connectivity index (χ0n) is 26.1. The van der Waals surface area contributed by atoms with Crippen molar-refractivity contribution in [2.24, 2.45) is 0 Å². The number of ether oxygens (including phenoxy) is 1. The minimum atomic E-state index is -0.577. The first-order chi connectivity index (χ1) is 21.5. The minimum Gasteiger partial charge on any atom is -0.444 e. The number of benzene rings is 2. The molecule has 4 rings (SSSR count). The van der Waals surface area contributed by atoms with E-state index in [9.17, 15) is 14.4 Å². The van der Waals surface area contributed by atoms with Crippen molar-refractivity contribution in [3.63, 3.8) is 0 Å². The van der Waals surface area contributed by atoms with Crippen LogP contribution in [-0.2, 0) is 33.6 Å². The highest BCUT2D eigenvalue weighted by Crippen LogP contribution is 2.19. The largest absolute Gasteiger partial charge is 0.444 e. The molecule has 3 aromatic rings. The third-order valence-electron chi connectivity index (χ3n) is 6.64. The van der Waals surface area contributed by atoms with Crippen molar-refractivity contribution in [1.29, 1.82) is 0 Å². The van der Waals surface area contributed by atoms with Crippen LogP contribution in [0.2, 0.25) is 0 Å². The van der Waals surface area contributed by atoms with Crippen molar-refractivity contribution in [2.75, 3.05) is 5.32 Å². The van der Waals surface area contributed by atoms with Gasteiger partial charge in [-0.25, -0.2) is 4.79 Å². The highest BCUT2D eigenvalue weighted by Gasteiger charge is 2.19. The van der Waals surface area contributed by atoms with Gasteiger partial charge in [0.05, 0.1) is 18.9 Å². The first kappa shape index (κ1) is 33.2. The molecule has 11 nitrogen and oxygen atoms in total. The number of hydrogen-bond acceptors (Lipinski definition) is 9. The van der Waals surface area contributed by atoms with Crippen LogP contribution in [0.3, 0.4) is 0 Å². The van der Waals surface area contributed by atoms with Crippen molar-refractivity contribution >= 4 is 34.4 Å². The van der Waals surface area contributed by atoms with Gasteiger partial charge in [-0.2, -0.15) is 0 Å². The summed E-state index contributed by atoms with van der Waals surface area (Å²) in [6.45, 7) is 7.32. The third kappa shape index (κ3) is 11.7. The number of rotatable bonds is 13. The lowest BCUT2D eigenvalue weighted by atomic mass is 10.0. The molecule has 3 amide bonds. The predicted octanol–water partition coefficient (Wildman–Crippen LogP) is 5.21. The van der Waals surface area contributed by atoms with Crippen molar-refractivity contribution in [3.8, 4) is 0 Å². The highest BCUT2D eigenvalue weighted by molar-refractivity contribution is 7.15. The molecule has 2 heterocycles. The molecule has 238 valence electrons. The van der Waals surface area contributed by atoms with Gasteiger partial charge < -0.3 is 26.1 Å². The Kier molecular flexibility index (Phi) is 11.7. The van der Waals surface area contributed by atoms with Crippen molar-refractivity contribution in [3.05, 3.63) is 100.0 Å². The molecule has 1 atom stereocenters. The number of carbonyl (C=O) groups is 3. The first-order valence-corrected chi connectivity index (χ1v) is 15.8. The molecular formula is C33H41N7O4S. The second-order valence-corrected chi connectivity index (χ2v) is 12.8. The Balaban J connectivity index is 1.15. The lowest BCUT2D eigenvalue weighted by Crippen LogP contribution is -2.41. The van der Waals surface area contributed by atoms with Gasteiger partial charge in [0.25, 0.3) is 0 Å². The number of alkyl carbamates (subject to hydrolysis) is 1. The number of nitrogens with zero attached hydrogens (tertiary/aromatic N) is 2. The first-order valence-electron chi connectivity index (χ1n) is 15.0. The normalized spacial score (nSPS) is 13.3. The zero-order chi connectivity index (χ0) is 32.2. The van der Waals surface area contributed by atoms with Gasteiger partial charge in [-0.15, -0.1) is 10.2 Å². The zero-order valence-corrected chi connectivity index (χ0v) is 26.9. The van der Waals surface area contributed by atoms with E-state index in [1.54, 1.807) is 0 Å². The van der Waals surface area contributed by atoms with Crippen LogP contribution in [-0.4, -0.2) is 33.7 Å². The molecule has 0 saturated carbocycles. The third-order valence-corrected chi connectivity index (χ3v) is 7.54. The van der Waals surface area contributed by atoms with Gasteiger partial charge in [-0.3, -0.25) is 15.0 Å². The number of hydrogen-bond donors (Lipinski definition) is 5. The number of unbranched alkanes of at least 4 members (excludes halogenated alkanes) is 1. The summed E-state index contributed by atoms with van der Waals surface area (Å²) in [4.78, 5) is 37.1. The van der Waals surface area contributed by atoms with E-state index in [4.69, 9.17) is 4.74 Å². The molecule has 5 N–H and O–H groups in total. The van der Waals surface area contributed by atoms with E-state index < -0.39 is 11.7 Å². The van der Waals surface area contributed by atoms with Crippen molar-refractivity contribution in [2.45, 2.75) is 77.9 Å². The van der Waals surface area contributed by atoms with E-state index in [1.807, 2.05) is 94.4 Å². The van der Waals surface area contributed by atoms with Gasteiger partial charge >= 0.3 is 6.09 Å².